The Kier molecular flexibility index (Phi) is 6.99. The molecule has 0 aliphatic carbocycles. The van der Waals surface area contributed by atoms with Crippen LogP contribution < -0.4 is 4.90 Å². The summed E-state index contributed by atoms with van der Waals surface area (Å²) in [5.41, 5.74) is 1.80. The van der Waals surface area contributed by atoms with Crippen LogP contribution in [0, 0.1) is 0 Å². The van der Waals surface area contributed by atoms with E-state index in [0.717, 1.165) is 11.1 Å². The van der Waals surface area contributed by atoms with Crippen molar-refractivity contribution in [3.05, 3.63) is 101 Å². The Morgan fingerprint density at radius 2 is 1.54 bits per heavy atom. The smallest absolute Gasteiger partial charge is 0.324 e. The Hall–Kier alpha value is -3.69. The molecule has 2 aromatic carbocycles. The molecule has 0 bridgehead atoms. The van der Waals surface area contributed by atoms with E-state index in [2.05, 4.69) is 0 Å². The van der Waals surface area contributed by atoms with Crippen molar-refractivity contribution < 1.29 is 23.9 Å². The first-order chi connectivity index (χ1) is 17.9. The Morgan fingerprint density at radius 3 is 2.05 bits per heavy atom. The molecule has 7 nitrogen and oxygen atoms in total. The van der Waals surface area contributed by atoms with E-state index in [0.29, 0.717) is 5.00 Å². The second kappa shape index (κ2) is 10.4. The number of hydrogen-bond donors (Lipinski definition) is 0. The first-order valence-electron chi connectivity index (χ1n) is 11.7. The Bertz CT molecular complexity index is 1320. The van der Waals surface area contributed by atoms with E-state index >= 15 is 0 Å². The fourth-order valence-electron chi connectivity index (χ4n) is 4.53. The molecule has 2 unspecified atom stereocenters. The molecule has 1 aromatic heterocycles. The van der Waals surface area contributed by atoms with E-state index in [-0.39, 0.29) is 23.2 Å². The van der Waals surface area contributed by atoms with Crippen molar-refractivity contribution in [2.24, 2.45) is 0 Å². The molecule has 9 heteroatoms. The summed E-state index contributed by atoms with van der Waals surface area (Å²) in [4.78, 5) is 54.7. The number of nitrogens with zero attached hydrogens (tertiary/aromatic N) is 2. The number of ketones is 1. The summed E-state index contributed by atoms with van der Waals surface area (Å²) in [6.07, 6.45) is 0.779. The average molecular weight is 533 g/mol. The first kappa shape index (κ1) is 25.0. The molecule has 3 heterocycles. The number of rotatable bonds is 7. The highest BCUT2D eigenvalue weighted by atomic mass is 32.2. The first-order valence-corrected chi connectivity index (χ1v) is 13.5. The second-order valence-electron chi connectivity index (χ2n) is 8.72. The third-order valence-electron chi connectivity index (χ3n) is 6.31. The number of thiophene rings is 1. The lowest BCUT2D eigenvalue weighted by atomic mass is 10.0. The molecule has 1 saturated heterocycles. The van der Waals surface area contributed by atoms with Crippen molar-refractivity contribution in [3.8, 4) is 0 Å². The lowest BCUT2D eigenvalue weighted by molar-refractivity contribution is -0.147. The maximum Gasteiger partial charge on any atom is 0.324 e. The van der Waals surface area contributed by atoms with E-state index in [4.69, 9.17) is 4.74 Å². The number of anilines is 1. The van der Waals surface area contributed by atoms with Gasteiger partial charge in [-0.25, -0.2) is 0 Å². The van der Waals surface area contributed by atoms with Crippen LogP contribution in [0.2, 0.25) is 0 Å². The van der Waals surface area contributed by atoms with Gasteiger partial charge in [0.05, 0.1) is 5.00 Å². The largest absolute Gasteiger partial charge is 0.451 e. The highest BCUT2D eigenvalue weighted by molar-refractivity contribution is 8.01. The van der Waals surface area contributed by atoms with Gasteiger partial charge < -0.3 is 9.64 Å². The summed E-state index contributed by atoms with van der Waals surface area (Å²) in [6, 6.07) is 21.6. The number of β-lactam (4-membered cyclic amide) rings is 1. The molecule has 3 atom stereocenters. The molecule has 3 aromatic rings. The van der Waals surface area contributed by atoms with Crippen LogP contribution >= 0.6 is 23.1 Å². The third kappa shape index (κ3) is 4.72. The van der Waals surface area contributed by atoms with Gasteiger partial charge in [0, 0.05) is 18.7 Å². The van der Waals surface area contributed by atoms with E-state index < -0.39 is 28.7 Å². The fourth-order valence-corrected chi connectivity index (χ4v) is 6.84. The number of Topliss-reactive ketones (excluding diaryl/α,β-unsaturated/α-hetero) is 1. The average Bonchev–Trinajstić information content (AvgIpc) is 3.44. The SMILES string of the molecule is CC(=O)C1=CN2C(=O)C(N(C(C)=O)c3cccs3)[C@H]2SC1C(=O)OC(c1ccccc1)c1ccccc1. The molecule has 0 radical (unpaired) electrons. The number of esters is 1. The molecular formula is C28H24N2O5S2. The molecular weight excluding hydrogens is 508 g/mol. The van der Waals surface area contributed by atoms with Gasteiger partial charge in [-0.15, -0.1) is 23.1 Å². The maximum absolute atomic E-state index is 13.6. The van der Waals surface area contributed by atoms with Gasteiger partial charge in [0.25, 0.3) is 5.91 Å². The zero-order chi connectivity index (χ0) is 26.1. The number of carbonyl (C=O) groups is 4. The highest BCUT2D eigenvalue weighted by Crippen LogP contribution is 2.45. The molecule has 2 aliphatic heterocycles. The summed E-state index contributed by atoms with van der Waals surface area (Å²) in [5.74, 6) is -1.46. The van der Waals surface area contributed by atoms with Gasteiger partial charge >= 0.3 is 5.97 Å². The van der Waals surface area contributed by atoms with Crippen LogP contribution in [0.15, 0.2) is 89.9 Å². The van der Waals surface area contributed by atoms with Crippen LogP contribution in [0.4, 0.5) is 5.00 Å². The van der Waals surface area contributed by atoms with E-state index in [1.807, 2.05) is 72.1 Å². The molecule has 188 valence electrons. The Balaban J connectivity index is 1.45. The minimum atomic E-state index is -0.943. The number of ether oxygens (including phenoxy) is 1. The topological polar surface area (TPSA) is 84.0 Å². The lowest BCUT2D eigenvalue weighted by Gasteiger charge is -2.51. The lowest BCUT2D eigenvalue weighted by Crippen LogP contribution is -2.70. The van der Waals surface area contributed by atoms with Gasteiger partial charge in [-0.2, -0.15) is 0 Å². The highest BCUT2D eigenvalue weighted by Gasteiger charge is 2.56. The van der Waals surface area contributed by atoms with Crippen LogP contribution in [0.3, 0.4) is 0 Å². The third-order valence-corrected chi connectivity index (χ3v) is 8.66. The number of fused-ring (bicyclic) bond motifs is 1. The zero-order valence-electron chi connectivity index (χ0n) is 20.1. The minimum absolute atomic E-state index is 0.198. The number of thioether (sulfide) groups is 1. The van der Waals surface area contributed by atoms with Crippen molar-refractivity contribution >= 4 is 51.7 Å². The van der Waals surface area contributed by atoms with Crippen LogP contribution in [0.5, 0.6) is 0 Å². The van der Waals surface area contributed by atoms with Gasteiger partial charge in [-0.05, 0) is 35.6 Å². The predicted octanol–water partition coefficient (Wildman–Crippen LogP) is 4.56. The standard InChI is InChI=1S/C28H24N2O5S2/c1-17(31)21-16-29-26(33)23(30(18(2)32)22-14-9-15-36-22)27(29)37-25(21)28(34)35-24(19-10-5-3-6-11-19)20-12-7-4-8-13-20/h3-16,23-25,27H,1-2H3/t23?,25?,27-/m1/s1. The maximum atomic E-state index is 13.6. The molecule has 5 rings (SSSR count). The van der Waals surface area contributed by atoms with E-state index in [1.165, 1.54) is 52.9 Å². The molecule has 0 saturated carbocycles. The van der Waals surface area contributed by atoms with Crippen molar-refractivity contribution in [2.45, 2.75) is 36.6 Å². The second-order valence-corrected chi connectivity index (χ2v) is 10.9. The van der Waals surface area contributed by atoms with Crippen molar-refractivity contribution in [3.63, 3.8) is 0 Å². The Labute approximate surface area is 222 Å². The molecule has 0 spiro atoms. The predicted molar refractivity (Wildman–Crippen MR) is 143 cm³/mol. The summed E-state index contributed by atoms with van der Waals surface area (Å²) >= 11 is 2.52. The van der Waals surface area contributed by atoms with Gasteiger partial charge in [0.15, 0.2) is 11.9 Å². The van der Waals surface area contributed by atoms with Gasteiger partial charge in [0.2, 0.25) is 5.91 Å². The van der Waals surface area contributed by atoms with E-state index in [9.17, 15) is 19.2 Å². The van der Waals surface area contributed by atoms with Crippen molar-refractivity contribution in [1.82, 2.24) is 4.90 Å². The minimum Gasteiger partial charge on any atom is -0.451 e. The monoisotopic (exact) mass is 532 g/mol. The van der Waals surface area contributed by atoms with Gasteiger partial charge in [0.1, 0.15) is 16.7 Å². The summed E-state index contributed by atoms with van der Waals surface area (Å²) in [5, 5.41) is 1.02. The van der Waals surface area contributed by atoms with Crippen LogP contribution in [0.25, 0.3) is 0 Å². The molecule has 37 heavy (non-hydrogen) atoms. The number of benzene rings is 2. The van der Waals surface area contributed by atoms with Crippen molar-refractivity contribution in [1.29, 1.82) is 0 Å². The normalized spacial score (nSPS) is 20.5. The summed E-state index contributed by atoms with van der Waals surface area (Å²) < 4.78 is 6.06. The van der Waals surface area contributed by atoms with Crippen LogP contribution in [-0.2, 0) is 23.9 Å². The van der Waals surface area contributed by atoms with Crippen molar-refractivity contribution in [2.75, 3.05) is 4.90 Å². The number of amides is 2. The summed E-state index contributed by atoms with van der Waals surface area (Å²) in [7, 11) is 0. The Morgan fingerprint density at radius 1 is 0.919 bits per heavy atom. The zero-order valence-corrected chi connectivity index (χ0v) is 21.8. The molecule has 0 N–H and O–H groups in total. The quantitative estimate of drug-likeness (QED) is 0.328. The van der Waals surface area contributed by atoms with E-state index in [1.54, 1.807) is 6.07 Å². The summed E-state index contributed by atoms with van der Waals surface area (Å²) in [6.45, 7) is 2.78. The number of hydrogen-bond acceptors (Lipinski definition) is 7. The van der Waals surface area contributed by atoms with Crippen LogP contribution in [0.1, 0.15) is 31.1 Å². The van der Waals surface area contributed by atoms with Gasteiger partial charge in [-0.3, -0.25) is 24.1 Å². The molecule has 1 fully saturated rings. The fraction of sp³-hybridized carbons (Fsp3) is 0.214. The molecule has 2 aliphatic rings. The van der Waals surface area contributed by atoms with Crippen LogP contribution in [-0.4, -0.2) is 45.1 Å². The molecule has 2 amide bonds. The number of carbonyl (C=O) groups excluding carboxylic acids is 4. The van der Waals surface area contributed by atoms with Gasteiger partial charge in [-0.1, -0.05) is 60.7 Å².